The standard InChI is InChI=1S/C13H17ClN2O4S/c14-11-5-10(6-12(7-11)21(15,18)19)13(17)16-3-1-9-2-4-20-8-9/h5-7,9H,1-4,8H2,(H,16,17)(H2,15,18,19). The zero-order valence-electron chi connectivity index (χ0n) is 11.3. The van der Waals surface area contributed by atoms with E-state index >= 15 is 0 Å². The third-order valence-electron chi connectivity index (χ3n) is 3.32. The van der Waals surface area contributed by atoms with Crippen LogP contribution in [0.2, 0.25) is 5.02 Å². The zero-order valence-corrected chi connectivity index (χ0v) is 12.9. The van der Waals surface area contributed by atoms with E-state index in [4.69, 9.17) is 21.5 Å². The molecule has 1 fully saturated rings. The van der Waals surface area contributed by atoms with Gasteiger partial charge in [0.2, 0.25) is 10.0 Å². The molecule has 1 saturated heterocycles. The number of nitrogens with one attached hydrogen (secondary N) is 1. The van der Waals surface area contributed by atoms with Crippen LogP contribution in [-0.4, -0.2) is 34.1 Å². The minimum Gasteiger partial charge on any atom is -0.381 e. The molecule has 0 aromatic heterocycles. The minimum absolute atomic E-state index is 0.149. The Morgan fingerprint density at radius 3 is 2.81 bits per heavy atom. The number of benzene rings is 1. The molecule has 21 heavy (non-hydrogen) atoms. The lowest BCUT2D eigenvalue weighted by Gasteiger charge is -2.10. The summed E-state index contributed by atoms with van der Waals surface area (Å²) in [6.45, 7) is 2.00. The van der Waals surface area contributed by atoms with Crippen LogP contribution >= 0.6 is 11.6 Å². The molecule has 2 rings (SSSR count). The largest absolute Gasteiger partial charge is 0.381 e. The van der Waals surface area contributed by atoms with Gasteiger partial charge < -0.3 is 10.1 Å². The van der Waals surface area contributed by atoms with Crippen LogP contribution in [0.25, 0.3) is 0 Å². The number of carbonyl (C=O) groups is 1. The van der Waals surface area contributed by atoms with Crippen molar-refractivity contribution in [3.8, 4) is 0 Å². The quantitative estimate of drug-likeness (QED) is 0.844. The predicted molar refractivity (Wildman–Crippen MR) is 78.7 cm³/mol. The average Bonchev–Trinajstić information content (AvgIpc) is 2.90. The van der Waals surface area contributed by atoms with Gasteiger partial charge in [-0.1, -0.05) is 11.6 Å². The number of halogens is 1. The van der Waals surface area contributed by atoms with Gasteiger partial charge in [0.15, 0.2) is 0 Å². The fourth-order valence-electron chi connectivity index (χ4n) is 2.16. The smallest absolute Gasteiger partial charge is 0.251 e. The molecule has 1 aromatic carbocycles. The van der Waals surface area contributed by atoms with Crippen LogP contribution in [-0.2, 0) is 14.8 Å². The number of rotatable bonds is 5. The summed E-state index contributed by atoms with van der Waals surface area (Å²) in [5.41, 5.74) is 0.175. The van der Waals surface area contributed by atoms with E-state index in [0.717, 1.165) is 26.1 Å². The first kappa shape index (κ1) is 16.2. The second-order valence-corrected chi connectivity index (χ2v) is 6.99. The van der Waals surface area contributed by atoms with Gasteiger partial charge in [0.25, 0.3) is 5.91 Å². The summed E-state index contributed by atoms with van der Waals surface area (Å²) < 4.78 is 27.9. The van der Waals surface area contributed by atoms with Crippen LogP contribution < -0.4 is 10.5 Å². The number of carbonyl (C=O) groups excluding carboxylic acids is 1. The van der Waals surface area contributed by atoms with Crippen LogP contribution in [0.4, 0.5) is 0 Å². The van der Waals surface area contributed by atoms with Crippen LogP contribution in [0, 0.1) is 5.92 Å². The Kier molecular flexibility index (Phi) is 5.21. The third-order valence-corrected chi connectivity index (χ3v) is 4.44. The van der Waals surface area contributed by atoms with Gasteiger partial charge in [-0.05, 0) is 37.0 Å². The number of hydrogen-bond donors (Lipinski definition) is 2. The normalized spacial score (nSPS) is 18.7. The Morgan fingerprint density at radius 2 is 2.19 bits per heavy atom. The summed E-state index contributed by atoms with van der Waals surface area (Å²) in [6.07, 6.45) is 1.83. The molecule has 8 heteroatoms. The fraction of sp³-hybridized carbons (Fsp3) is 0.462. The van der Waals surface area contributed by atoms with Crippen molar-refractivity contribution >= 4 is 27.5 Å². The lowest BCUT2D eigenvalue weighted by Crippen LogP contribution is -2.26. The maximum Gasteiger partial charge on any atom is 0.251 e. The van der Waals surface area contributed by atoms with E-state index in [-0.39, 0.29) is 21.4 Å². The molecule has 1 aromatic rings. The van der Waals surface area contributed by atoms with Crippen molar-refractivity contribution in [3.63, 3.8) is 0 Å². The summed E-state index contributed by atoms with van der Waals surface area (Å²) in [4.78, 5) is 11.8. The average molecular weight is 333 g/mol. The van der Waals surface area contributed by atoms with E-state index < -0.39 is 10.0 Å². The fourth-order valence-corrected chi connectivity index (χ4v) is 3.04. The highest BCUT2D eigenvalue weighted by molar-refractivity contribution is 7.89. The van der Waals surface area contributed by atoms with Gasteiger partial charge in [-0.15, -0.1) is 0 Å². The maximum absolute atomic E-state index is 12.0. The van der Waals surface area contributed by atoms with Gasteiger partial charge in [-0.2, -0.15) is 0 Å². The second kappa shape index (κ2) is 6.74. The molecule has 1 heterocycles. The molecule has 0 bridgehead atoms. The monoisotopic (exact) mass is 332 g/mol. The highest BCUT2D eigenvalue weighted by atomic mass is 35.5. The Bertz CT molecular complexity index is 627. The number of amides is 1. The number of hydrogen-bond acceptors (Lipinski definition) is 4. The molecule has 0 saturated carbocycles. The van der Waals surface area contributed by atoms with Crippen molar-refractivity contribution in [1.82, 2.24) is 5.32 Å². The van der Waals surface area contributed by atoms with Gasteiger partial charge in [-0.25, -0.2) is 13.6 Å². The van der Waals surface area contributed by atoms with Gasteiger partial charge in [0.05, 0.1) is 4.90 Å². The Balaban J connectivity index is 2.00. The molecule has 1 amide bonds. The molecular weight excluding hydrogens is 316 g/mol. The molecule has 1 unspecified atom stereocenters. The third kappa shape index (κ3) is 4.67. The number of primary sulfonamides is 1. The molecule has 0 aliphatic carbocycles. The van der Waals surface area contributed by atoms with E-state index in [1.807, 2.05) is 0 Å². The first-order valence-corrected chi connectivity index (χ1v) is 8.48. The summed E-state index contributed by atoms with van der Waals surface area (Å²) in [5.74, 6) is 0.0888. The van der Waals surface area contributed by atoms with Crippen molar-refractivity contribution in [1.29, 1.82) is 0 Å². The van der Waals surface area contributed by atoms with Crippen LogP contribution in [0.15, 0.2) is 23.1 Å². The summed E-state index contributed by atoms with van der Waals surface area (Å²) in [5, 5.41) is 7.94. The van der Waals surface area contributed by atoms with E-state index in [0.29, 0.717) is 12.5 Å². The van der Waals surface area contributed by atoms with Crippen LogP contribution in [0.1, 0.15) is 23.2 Å². The lowest BCUT2D eigenvalue weighted by atomic mass is 10.1. The molecule has 0 spiro atoms. The molecule has 3 N–H and O–H groups in total. The van der Waals surface area contributed by atoms with Gasteiger partial charge in [0.1, 0.15) is 0 Å². The molecule has 1 aliphatic heterocycles. The Hall–Kier alpha value is -1.15. The van der Waals surface area contributed by atoms with Crippen LogP contribution in [0.3, 0.4) is 0 Å². The highest BCUT2D eigenvalue weighted by Gasteiger charge is 2.17. The minimum atomic E-state index is -3.90. The van der Waals surface area contributed by atoms with Crippen molar-refractivity contribution < 1.29 is 17.9 Å². The zero-order chi connectivity index (χ0) is 15.5. The van der Waals surface area contributed by atoms with Gasteiger partial charge >= 0.3 is 0 Å². The molecule has 1 atom stereocenters. The summed E-state index contributed by atoms with van der Waals surface area (Å²) in [7, 11) is -3.90. The van der Waals surface area contributed by atoms with Gasteiger partial charge in [-0.3, -0.25) is 4.79 Å². The Morgan fingerprint density at radius 1 is 1.43 bits per heavy atom. The highest BCUT2D eigenvalue weighted by Crippen LogP contribution is 2.19. The van der Waals surface area contributed by atoms with Crippen LogP contribution in [0.5, 0.6) is 0 Å². The first-order valence-electron chi connectivity index (χ1n) is 6.55. The van der Waals surface area contributed by atoms with E-state index in [9.17, 15) is 13.2 Å². The predicted octanol–water partition coefficient (Wildman–Crippen LogP) is 1.14. The molecule has 0 radical (unpaired) electrons. The van der Waals surface area contributed by atoms with Gasteiger partial charge in [0, 0.05) is 30.3 Å². The van der Waals surface area contributed by atoms with E-state index in [1.54, 1.807) is 0 Å². The van der Waals surface area contributed by atoms with Crippen molar-refractivity contribution in [2.45, 2.75) is 17.7 Å². The summed E-state index contributed by atoms with van der Waals surface area (Å²) in [6, 6.07) is 3.84. The summed E-state index contributed by atoms with van der Waals surface area (Å²) >= 11 is 5.82. The topological polar surface area (TPSA) is 98.5 Å². The molecule has 6 nitrogen and oxygen atoms in total. The number of sulfonamides is 1. The van der Waals surface area contributed by atoms with E-state index in [2.05, 4.69) is 5.32 Å². The second-order valence-electron chi connectivity index (χ2n) is 4.99. The van der Waals surface area contributed by atoms with Crippen molar-refractivity contribution in [3.05, 3.63) is 28.8 Å². The molecule has 116 valence electrons. The van der Waals surface area contributed by atoms with Crippen molar-refractivity contribution in [2.24, 2.45) is 11.1 Å². The molecule has 1 aliphatic rings. The lowest BCUT2D eigenvalue weighted by molar-refractivity contribution is 0.0950. The first-order chi connectivity index (χ1) is 9.86. The van der Waals surface area contributed by atoms with Crippen molar-refractivity contribution in [2.75, 3.05) is 19.8 Å². The molecular formula is C13H17ClN2O4S. The number of nitrogens with two attached hydrogens (primary N) is 1. The maximum atomic E-state index is 12.0. The SMILES string of the molecule is NS(=O)(=O)c1cc(Cl)cc(C(=O)NCCC2CCOC2)c1. The number of ether oxygens (including phenoxy) is 1. The Labute approximate surface area is 128 Å². The van der Waals surface area contributed by atoms with E-state index in [1.165, 1.54) is 18.2 Å².